The fourth-order valence-electron chi connectivity index (χ4n) is 0.373. The number of rotatable bonds is 4. The van der Waals surface area contributed by atoms with Crippen LogP contribution in [0.2, 0.25) is 0 Å². The van der Waals surface area contributed by atoms with E-state index in [9.17, 15) is 0 Å². The molecule has 0 saturated heterocycles. The molecule has 0 atom stereocenters. The second-order valence-electron chi connectivity index (χ2n) is 1.45. The molecular formula is C8H17NO. The smallest absolute Gasteiger partial charge is 0.0419 e. The summed E-state index contributed by atoms with van der Waals surface area (Å²) in [6, 6.07) is 0. The molecule has 0 unspecified atom stereocenters. The van der Waals surface area contributed by atoms with Crippen LogP contribution in [-0.2, 0) is 0 Å². The van der Waals surface area contributed by atoms with Gasteiger partial charge in [-0.15, -0.1) is 13.2 Å². The van der Waals surface area contributed by atoms with E-state index in [-0.39, 0.29) is 0 Å². The first-order chi connectivity index (χ1) is 4.81. The Morgan fingerprint density at radius 2 is 1.50 bits per heavy atom. The third kappa shape index (κ3) is 10.4. The molecule has 0 fully saturated rings. The lowest BCUT2D eigenvalue weighted by Gasteiger charge is -2.06. The topological polar surface area (TPSA) is 23.5 Å². The lowest BCUT2D eigenvalue weighted by molar-refractivity contribution is -0.0691. The molecule has 1 N–H and O–H groups in total. The second-order valence-corrected chi connectivity index (χ2v) is 1.45. The van der Waals surface area contributed by atoms with Gasteiger partial charge in [0.2, 0.25) is 0 Å². The minimum atomic E-state index is 0.492. The van der Waals surface area contributed by atoms with E-state index in [1.807, 2.05) is 13.8 Å². The summed E-state index contributed by atoms with van der Waals surface area (Å²) in [6.45, 7) is 11.9. The maximum atomic E-state index is 8.74. The fraction of sp³-hybridized carbons (Fsp3) is 0.500. The lowest BCUT2D eigenvalue weighted by Crippen LogP contribution is -2.18. The summed E-state index contributed by atoms with van der Waals surface area (Å²) in [7, 11) is 0. The van der Waals surface area contributed by atoms with Crippen molar-refractivity contribution >= 4 is 0 Å². The summed E-state index contributed by atoms with van der Waals surface area (Å²) in [4.78, 5) is 0. The first-order valence-electron chi connectivity index (χ1n) is 3.47. The molecule has 0 saturated carbocycles. The van der Waals surface area contributed by atoms with Crippen molar-refractivity contribution in [2.75, 3.05) is 13.1 Å². The van der Waals surface area contributed by atoms with Crippen molar-refractivity contribution in [3.8, 4) is 0 Å². The second kappa shape index (κ2) is 11.2. The van der Waals surface area contributed by atoms with Crippen LogP contribution < -0.4 is 0 Å². The van der Waals surface area contributed by atoms with Gasteiger partial charge in [-0.3, -0.25) is 0 Å². The van der Waals surface area contributed by atoms with Gasteiger partial charge in [0.05, 0.1) is 0 Å². The van der Waals surface area contributed by atoms with Gasteiger partial charge in [-0.25, -0.2) is 0 Å². The molecule has 2 heteroatoms. The Kier molecular flexibility index (Phi) is 13.6. The van der Waals surface area contributed by atoms with Gasteiger partial charge < -0.3 is 5.21 Å². The Morgan fingerprint density at radius 1 is 1.20 bits per heavy atom. The first-order valence-corrected chi connectivity index (χ1v) is 3.47. The third-order valence-electron chi connectivity index (χ3n) is 0.680. The highest BCUT2D eigenvalue weighted by Crippen LogP contribution is 1.79. The lowest BCUT2D eigenvalue weighted by atomic mass is 10.5. The fourth-order valence-corrected chi connectivity index (χ4v) is 0.373. The minimum Gasteiger partial charge on any atom is -0.313 e. The van der Waals surface area contributed by atoms with Gasteiger partial charge in [0.1, 0.15) is 0 Å². The van der Waals surface area contributed by atoms with Crippen LogP contribution in [0.1, 0.15) is 13.8 Å². The van der Waals surface area contributed by atoms with Crippen LogP contribution >= 0.6 is 0 Å². The Balaban J connectivity index is 0. The minimum absolute atomic E-state index is 0.492. The van der Waals surface area contributed by atoms with E-state index in [1.165, 1.54) is 0 Å². The van der Waals surface area contributed by atoms with E-state index in [1.54, 1.807) is 12.2 Å². The quantitative estimate of drug-likeness (QED) is 0.481. The average Bonchev–Trinajstić information content (AvgIpc) is 1.93. The average molecular weight is 143 g/mol. The summed E-state index contributed by atoms with van der Waals surface area (Å²) in [5.41, 5.74) is 0. The van der Waals surface area contributed by atoms with E-state index >= 15 is 0 Å². The predicted octanol–water partition coefficient (Wildman–Crippen LogP) is 2.08. The van der Waals surface area contributed by atoms with Crippen LogP contribution in [0.4, 0.5) is 0 Å². The highest BCUT2D eigenvalue weighted by molar-refractivity contribution is 4.74. The molecule has 0 aromatic heterocycles. The molecule has 60 valence electrons. The molecule has 0 aliphatic carbocycles. The molecule has 0 radical (unpaired) electrons. The standard InChI is InChI=1S/C6H11NO.C2H6/c1-3-5-7(8)6-4-2;1-2/h3-4,8H,1-2,5-6H2;1-2H3. The molecule has 0 spiro atoms. The van der Waals surface area contributed by atoms with E-state index in [2.05, 4.69) is 13.2 Å². The van der Waals surface area contributed by atoms with Crippen LogP contribution in [0.3, 0.4) is 0 Å². The largest absolute Gasteiger partial charge is 0.313 e. The zero-order valence-corrected chi connectivity index (χ0v) is 6.88. The number of hydrogen-bond acceptors (Lipinski definition) is 2. The van der Waals surface area contributed by atoms with E-state index in [0.29, 0.717) is 13.1 Å². The molecule has 0 aliphatic heterocycles. The molecule has 0 aromatic carbocycles. The van der Waals surface area contributed by atoms with E-state index < -0.39 is 0 Å². The molecule has 0 amide bonds. The first kappa shape index (κ1) is 12.1. The summed E-state index contributed by atoms with van der Waals surface area (Å²) in [6.07, 6.45) is 3.26. The maximum absolute atomic E-state index is 8.74. The van der Waals surface area contributed by atoms with Crippen LogP contribution in [0, 0.1) is 0 Å². The Hall–Kier alpha value is -0.600. The molecule has 0 heterocycles. The Labute approximate surface area is 63.4 Å². The summed E-state index contributed by atoms with van der Waals surface area (Å²) < 4.78 is 0. The van der Waals surface area contributed by atoms with Crippen LogP contribution in [-0.4, -0.2) is 23.4 Å². The van der Waals surface area contributed by atoms with Gasteiger partial charge in [0, 0.05) is 13.1 Å². The SMILES string of the molecule is C=CCN(O)CC=C.CC. The Bertz CT molecular complexity index is 71.3. The van der Waals surface area contributed by atoms with Gasteiger partial charge in [-0.1, -0.05) is 26.0 Å². The number of nitrogens with zero attached hydrogens (tertiary/aromatic N) is 1. The van der Waals surface area contributed by atoms with Gasteiger partial charge in [0.15, 0.2) is 0 Å². The summed E-state index contributed by atoms with van der Waals surface area (Å²) in [5, 5.41) is 9.86. The molecule has 0 aromatic rings. The molecule has 0 bridgehead atoms. The highest BCUT2D eigenvalue weighted by atomic mass is 16.5. The van der Waals surface area contributed by atoms with Gasteiger partial charge in [0.25, 0.3) is 0 Å². The van der Waals surface area contributed by atoms with Crippen molar-refractivity contribution < 1.29 is 5.21 Å². The van der Waals surface area contributed by atoms with Crippen molar-refractivity contribution in [3.63, 3.8) is 0 Å². The normalized spacial score (nSPS) is 8.00. The molecule has 0 rings (SSSR count). The van der Waals surface area contributed by atoms with Crippen molar-refractivity contribution in [2.45, 2.75) is 13.8 Å². The number of hydrogen-bond donors (Lipinski definition) is 1. The zero-order valence-electron chi connectivity index (χ0n) is 6.88. The van der Waals surface area contributed by atoms with Crippen molar-refractivity contribution in [1.82, 2.24) is 5.06 Å². The third-order valence-corrected chi connectivity index (χ3v) is 0.680. The van der Waals surface area contributed by atoms with Crippen LogP contribution in [0.25, 0.3) is 0 Å². The van der Waals surface area contributed by atoms with Crippen molar-refractivity contribution in [3.05, 3.63) is 25.3 Å². The molecule has 10 heavy (non-hydrogen) atoms. The van der Waals surface area contributed by atoms with Gasteiger partial charge >= 0.3 is 0 Å². The number of hydroxylamine groups is 2. The predicted molar refractivity (Wildman–Crippen MR) is 45.1 cm³/mol. The Morgan fingerprint density at radius 3 is 1.70 bits per heavy atom. The van der Waals surface area contributed by atoms with Crippen molar-refractivity contribution in [1.29, 1.82) is 0 Å². The van der Waals surface area contributed by atoms with Gasteiger partial charge in [-0.2, -0.15) is 5.06 Å². The highest BCUT2D eigenvalue weighted by Gasteiger charge is 1.88. The molecule has 2 nitrogen and oxygen atoms in total. The van der Waals surface area contributed by atoms with Crippen molar-refractivity contribution in [2.24, 2.45) is 0 Å². The summed E-state index contributed by atoms with van der Waals surface area (Å²) >= 11 is 0. The van der Waals surface area contributed by atoms with Crippen LogP contribution in [0.15, 0.2) is 25.3 Å². The zero-order chi connectivity index (χ0) is 8.41. The van der Waals surface area contributed by atoms with Crippen LogP contribution in [0.5, 0.6) is 0 Å². The molecule has 0 aliphatic rings. The summed E-state index contributed by atoms with van der Waals surface area (Å²) in [5.74, 6) is 0. The van der Waals surface area contributed by atoms with Gasteiger partial charge in [-0.05, 0) is 0 Å². The maximum Gasteiger partial charge on any atom is 0.0419 e. The van der Waals surface area contributed by atoms with E-state index in [4.69, 9.17) is 5.21 Å². The van der Waals surface area contributed by atoms with E-state index in [0.717, 1.165) is 5.06 Å². The monoisotopic (exact) mass is 143 g/mol. The molecular weight excluding hydrogens is 126 g/mol.